The topological polar surface area (TPSA) is 96.0 Å². The smallest absolute Gasteiger partial charge is 0.243 e. The molecule has 4 rings (SSSR count). The van der Waals surface area contributed by atoms with Crippen LogP contribution in [0.2, 0.25) is 0 Å². The van der Waals surface area contributed by atoms with Gasteiger partial charge in [0, 0.05) is 31.7 Å². The van der Waals surface area contributed by atoms with E-state index in [9.17, 15) is 18.0 Å². The van der Waals surface area contributed by atoms with Gasteiger partial charge in [-0.1, -0.05) is 18.6 Å². The number of fused-ring (bicyclic) bond motifs is 1. The summed E-state index contributed by atoms with van der Waals surface area (Å²) in [6.07, 6.45) is 4.31. The number of carbonyl (C=O) groups is 2. The number of piperidine rings is 1. The predicted octanol–water partition coefficient (Wildman–Crippen LogP) is 2.86. The van der Waals surface area contributed by atoms with Crippen LogP contribution in [-0.2, 0) is 32.6 Å². The first-order valence-corrected chi connectivity index (χ1v) is 13.2. The first kappa shape index (κ1) is 24.2. The third-order valence-corrected chi connectivity index (χ3v) is 8.25. The van der Waals surface area contributed by atoms with Crippen molar-refractivity contribution in [1.82, 2.24) is 9.62 Å². The molecule has 2 aromatic carbocycles. The Labute approximate surface area is 200 Å². The molecule has 2 heterocycles. The molecule has 34 heavy (non-hydrogen) atoms. The Bertz CT molecular complexity index is 1160. The van der Waals surface area contributed by atoms with E-state index in [4.69, 9.17) is 4.74 Å². The van der Waals surface area contributed by atoms with E-state index in [0.29, 0.717) is 50.3 Å². The maximum Gasteiger partial charge on any atom is 0.243 e. The number of amides is 2. The highest BCUT2D eigenvalue weighted by Gasteiger charge is 2.29. The number of hydrogen-bond donors (Lipinski definition) is 1. The summed E-state index contributed by atoms with van der Waals surface area (Å²) in [5.74, 6) is 0.287. The van der Waals surface area contributed by atoms with Crippen LogP contribution < -0.4 is 15.0 Å². The Morgan fingerprint density at radius 2 is 1.82 bits per heavy atom. The molecule has 182 valence electrons. The molecule has 0 spiro atoms. The number of nitrogens with zero attached hydrogens (tertiary/aromatic N) is 2. The number of rotatable bonds is 7. The molecule has 0 atom stereocenters. The van der Waals surface area contributed by atoms with Crippen molar-refractivity contribution in [3.05, 3.63) is 53.6 Å². The standard InChI is InChI=1S/C25H31N3O5S/c1-33-21-9-5-7-19(15-21)17-26-24(29)18-28-23-12-11-22(16-20(23)8-6-10-25(28)30)34(31,32)27-13-3-2-4-14-27/h5,7,9,11-12,15-16H,2-4,6,8,10,13-14,17-18H2,1H3,(H,26,29). The zero-order valence-electron chi connectivity index (χ0n) is 19.5. The minimum Gasteiger partial charge on any atom is -0.497 e. The Hall–Kier alpha value is -2.91. The van der Waals surface area contributed by atoms with Crippen molar-refractivity contribution in [1.29, 1.82) is 0 Å². The summed E-state index contributed by atoms with van der Waals surface area (Å²) in [5.41, 5.74) is 2.28. The number of methoxy groups -OCH3 is 1. The van der Waals surface area contributed by atoms with Crippen molar-refractivity contribution in [3.8, 4) is 5.75 Å². The zero-order valence-corrected chi connectivity index (χ0v) is 20.3. The van der Waals surface area contributed by atoms with E-state index in [1.54, 1.807) is 29.6 Å². The number of carbonyl (C=O) groups excluding carboxylic acids is 2. The molecule has 2 aliphatic rings. The number of nitrogens with one attached hydrogen (secondary N) is 1. The second kappa shape index (κ2) is 10.6. The molecule has 8 nitrogen and oxygen atoms in total. The van der Waals surface area contributed by atoms with Crippen LogP contribution in [0.4, 0.5) is 5.69 Å². The summed E-state index contributed by atoms with van der Waals surface area (Å²) < 4.78 is 33.0. The Morgan fingerprint density at radius 3 is 2.59 bits per heavy atom. The zero-order chi connectivity index (χ0) is 24.1. The Morgan fingerprint density at radius 1 is 1.03 bits per heavy atom. The van der Waals surface area contributed by atoms with Crippen LogP contribution in [-0.4, -0.2) is 51.3 Å². The predicted molar refractivity (Wildman–Crippen MR) is 129 cm³/mol. The van der Waals surface area contributed by atoms with Crippen LogP contribution in [0, 0.1) is 0 Å². The van der Waals surface area contributed by atoms with Crippen LogP contribution in [0.1, 0.15) is 43.2 Å². The maximum absolute atomic E-state index is 13.1. The number of ether oxygens (including phenoxy) is 1. The second-order valence-electron chi connectivity index (χ2n) is 8.72. The summed E-state index contributed by atoms with van der Waals surface area (Å²) in [6.45, 7) is 1.28. The fourth-order valence-corrected chi connectivity index (χ4v) is 6.06. The minimum absolute atomic E-state index is 0.117. The fraction of sp³-hybridized carbons (Fsp3) is 0.440. The second-order valence-corrected chi connectivity index (χ2v) is 10.7. The van der Waals surface area contributed by atoms with E-state index >= 15 is 0 Å². The van der Waals surface area contributed by atoms with Gasteiger partial charge < -0.3 is 15.0 Å². The lowest BCUT2D eigenvalue weighted by atomic mass is 10.1. The Kier molecular flexibility index (Phi) is 7.53. The normalized spacial score (nSPS) is 17.1. The fourth-order valence-electron chi connectivity index (χ4n) is 4.50. The van der Waals surface area contributed by atoms with Crippen molar-refractivity contribution in [3.63, 3.8) is 0 Å². The van der Waals surface area contributed by atoms with Gasteiger partial charge in [-0.05, 0) is 67.1 Å². The van der Waals surface area contributed by atoms with Gasteiger partial charge in [-0.3, -0.25) is 9.59 Å². The van der Waals surface area contributed by atoms with Gasteiger partial charge in [0.1, 0.15) is 12.3 Å². The van der Waals surface area contributed by atoms with Gasteiger partial charge in [0.05, 0.1) is 12.0 Å². The molecule has 2 aromatic rings. The van der Waals surface area contributed by atoms with Gasteiger partial charge in [0.15, 0.2) is 0 Å². The van der Waals surface area contributed by atoms with Crippen LogP contribution in [0.15, 0.2) is 47.4 Å². The van der Waals surface area contributed by atoms with Crippen LogP contribution in [0.25, 0.3) is 0 Å². The molecule has 0 unspecified atom stereocenters. The third kappa shape index (κ3) is 5.42. The highest BCUT2D eigenvalue weighted by Crippen LogP contribution is 2.31. The SMILES string of the molecule is COc1cccc(CNC(=O)CN2C(=O)CCCc3cc(S(=O)(=O)N4CCCCC4)ccc32)c1. The average Bonchev–Trinajstić information content (AvgIpc) is 3.01. The van der Waals surface area contributed by atoms with E-state index in [1.165, 1.54) is 4.90 Å². The molecule has 0 saturated carbocycles. The van der Waals surface area contributed by atoms with Crippen molar-refractivity contribution in [2.24, 2.45) is 0 Å². The van der Waals surface area contributed by atoms with Gasteiger partial charge in [0.25, 0.3) is 0 Å². The molecule has 2 aliphatic heterocycles. The molecule has 9 heteroatoms. The first-order chi connectivity index (χ1) is 16.4. The summed E-state index contributed by atoms with van der Waals surface area (Å²) in [7, 11) is -1.98. The van der Waals surface area contributed by atoms with Crippen molar-refractivity contribution in [2.45, 2.75) is 50.0 Å². The quantitative estimate of drug-likeness (QED) is 0.651. The summed E-state index contributed by atoms with van der Waals surface area (Å²) in [5, 5.41) is 2.86. The summed E-state index contributed by atoms with van der Waals surface area (Å²) in [6, 6.07) is 12.3. The van der Waals surface area contributed by atoms with Crippen molar-refractivity contribution in [2.75, 3.05) is 31.6 Å². The van der Waals surface area contributed by atoms with E-state index in [-0.39, 0.29) is 23.3 Å². The van der Waals surface area contributed by atoms with Crippen molar-refractivity contribution >= 4 is 27.5 Å². The molecule has 0 aromatic heterocycles. The van der Waals surface area contributed by atoms with Crippen LogP contribution >= 0.6 is 0 Å². The maximum atomic E-state index is 13.1. The van der Waals surface area contributed by atoms with Crippen molar-refractivity contribution < 1.29 is 22.7 Å². The number of benzene rings is 2. The molecule has 0 aliphatic carbocycles. The van der Waals surface area contributed by atoms with E-state index < -0.39 is 10.0 Å². The summed E-state index contributed by atoms with van der Waals surface area (Å²) in [4.78, 5) is 27.2. The van der Waals surface area contributed by atoms with Crippen LogP contribution in [0.5, 0.6) is 5.75 Å². The number of sulfonamides is 1. The van der Waals surface area contributed by atoms with Crippen LogP contribution in [0.3, 0.4) is 0 Å². The Balaban J connectivity index is 1.50. The average molecular weight is 486 g/mol. The highest BCUT2D eigenvalue weighted by atomic mass is 32.2. The highest BCUT2D eigenvalue weighted by molar-refractivity contribution is 7.89. The molecular weight excluding hydrogens is 454 g/mol. The largest absolute Gasteiger partial charge is 0.497 e. The lowest BCUT2D eigenvalue weighted by Gasteiger charge is -2.27. The number of anilines is 1. The molecule has 0 bridgehead atoms. The van der Waals surface area contributed by atoms with Gasteiger partial charge >= 0.3 is 0 Å². The molecule has 2 amide bonds. The number of aryl methyl sites for hydroxylation is 1. The summed E-state index contributed by atoms with van der Waals surface area (Å²) >= 11 is 0. The molecule has 0 radical (unpaired) electrons. The lowest BCUT2D eigenvalue weighted by Crippen LogP contribution is -2.40. The van der Waals surface area contributed by atoms with Gasteiger partial charge in [-0.2, -0.15) is 4.31 Å². The lowest BCUT2D eigenvalue weighted by molar-refractivity contribution is -0.123. The van der Waals surface area contributed by atoms with Gasteiger partial charge in [-0.25, -0.2) is 8.42 Å². The van der Waals surface area contributed by atoms with E-state index in [2.05, 4.69) is 5.32 Å². The van der Waals surface area contributed by atoms with Gasteiger partial charge in [0.2, 0.25) is 21.8 Å². The minimum atomic E-state index is -3.57. The molecule has 1 fully saturated rings. The molecule has 1 saturated heterocycles. The molecular formula is C25H31N3O5S. The first-order valence-electron chi connectivity index (χ1n) is 11.7. The third-order valence-electron chi connectivity index (χ3n) is 6.36. The molecule has 1 N–H and O–H groups in total. The monoisotopic (exact) mass is 485 g/mol. The number of hydrogen-bond acceptors (Lipinski definition) is 5. The van der Waals surface area contributed by atoms with E-state index in [1.807, 2.05) is 24.3 Å². The van der Waals surface area contributed by atoms with E-state index in [0.717, 1.165) is 30.4 Å². The van der Waals surface area contributed by atoms with Gasteiger partial charge in [-0.15, -0.1) is 0 Å².